The van der Waals surface area contributed by atoms with Crippen LogP contribution < -0.4 is 55.4 Å². The Balaban J connectivity index is 0. The fourth-order valence-corrected chi connectivity index (χ4v) is 0. The quantitative estimate of drug-likeness (QED) is 0.317. The predicted octanol–water partition coefficient (Wildman–Crippen LogP) is -4.43. The third kappa shape index (κ3) is 26.1. The van der Waals surface area contributed by atoms with Crippen LogP contribution in [0, 0.1) is 0 Å². The molecule has 0 fully saturated rings. The van der Waals surface area contributed by atoms with E-state index >= 15 is 0 Å². The van der Waals surface area contributed by atoms with Gasteiger partial charge in [0.15, 0.2) is 0 Å². The van der Waals surface area contributed by atoms with Gasteiger partial charge in [-0.3, -0.25) is 0 Å². The predicted molar refractivity (Wildman–Crippen MR) is 1.37 cm³/mol. The second-order valence-electron chi connectivity index (χ2n) is 0.224. The molecule has 5 heteroatoms. The van der Waals surface area contributed by atoms with Crippen LogP contribution in [0.2, 0.25) is 0 Å². The summed E-state index contributed by atoms with van der Waals surface area (Å²) in [6.07, 6.45) is 0. The zero-order valence-corrected chi connectivity index (χ0v) is 7.19. The fraction of sp³-hybridized carbons (Fsp3) is 0. The van der Waals surface area contributed by atoms with Crippen molar-refractivity contribution in [3.63, 3.8) is 0 Å². The van der Waals surface area contributed by atoms with Crippen LogP contribution in [0.15, 0.2) is 0 Å². The molecule has 0 saturated heterocycles. The van der Waals surface area contributed by atoms with Crippen LogP contribution in [-0.2, 0) is 22.7 Å². The van der Waals surface area contributed by atoms with Crippen LogP contribution in [0.25, 0.3) is 0 Å². The summed E-state index contributed by atoms with van der Waals surface area (Å²) in [4.78, 5) is 0. The van der Waals surface area contributed by atoms with Gasteiger partial charge in [0.05, 0.1) is 0 Å². The summed E-state index contributed by atoms with van der Waals surface area (Å²) in [7, 11) is 0. The Morgan fingerprint density at radius 3 is 1.40 bits per heavy atom. The molecule has 0 N–H and O–H groups in total. The Bertz CT molecular complexity index is 55.3. The zero-order valence-electron chi connectivity index (χ0n) is 2.67. The van der Waals surface area contributed by atoms with Gasteiger partial charge in [0.1, 0.15) is 0 Å². The molecule has 0 rings (SSSR count). The summed E-state index contributed by atoms with van der Waals surface area (Å²) in [6, 6.07) is 0. The number of rotatable bonds is 0. The van der Waals surface area contributed by atoms with E-state index in [0.717, 1.165) is 0 Å². The molecule has 0 amide bonds. The summed E-state index contributed by atoms with van der Waals surface area (Å²) >= 11 is -3.94. The van der Waals surface area contributed by atoms with Gasteiger partial charge >= 0.3 is 78.2 Å². The average Bonchev–Trinajstić information content (AvgIpc) is 0.811. The molecule has 0 heterocycles. The second kappa shape index (κ2) is 5.78. The standard InChI is InChI=1S/K.3O.V/q+1;;;-1;. The normalized spacial score (nSPS) is 5.00. The first-order valence-corrected chi connectivity index (χ1v) is 2.26. The minimum atomic E-state index is -3.94. The van der Waals surface area contributed by atoms with Gasteiger partial charge in [-0.1, -0.05) is 0 Å². The summed E-state index contributed by atoms with van der Waals surface area (Å²) in [5.41, 5.74) is 0. The number of hydrogen-bond donors (Lipinski definition) is 0. The molecule has 0 atom stereocenters. The molecule has 0 aromatic carbocycles. The van der Waals surface area contributed by atoms with Crippen molar-refractivity contribution < 1.29 is 78.2 Å². The molecule has 0 saturated carbocycles. The molecule has 0 spiro atoms. The van der Waals surface area contributed by atoms with Gasteiger partial charge < -0.3 is 0 Å². The van der Waals surface area contributed by atoms with Crippen molar-refractivity contribution in [1.29, 1.82) is 0 Å². The Hall–Kier alpha value is 1.78. The zero-order chi connectivity index (χ0) is 3.58. The van der Waals surface area contributed by atoms with Gasteiger partial charge in [-0.15, -0.1) is 0 Å². The molecule has 3 nitrogen and oxygen atoms in total. The van der Waals surface area contributed by atoms with Crippen LogP contribution in [0.4, 0.5) is 0 Å². The van der Waals surface area contributed by atoms with Gasteiger partial charge in [0.25, 0.3) is 0 Å². The van der Waals surface area contributed by atoms with Crippen molar-refractivity contribution in [3.05, 3.63) is 0 Å². The van der Waals surface area contributed by atoms with E-state index in [0.29, 0.717) is 0 Å². The molecule has 0 radical (unpaired) electrons. The van der Waals surface area contributed by atoms with E-state index in [1.54, 1.807) is 0 Å². The Labute approximate surface area is 76.5 Å². The van der Waals surface area contributed by atoms with Crippen molar-refractivity contribution in [2.75, 3.05) is 0 Å². The first-order valence-electron chi connectivity index (χ1n) is 0.548. The van der Waals surface area contributed by atoms with E-state index in [1.165, 1.54) is 0 Å². The Kier molecular flexibility index (Phi) is 11.5. The van der Waals surface area contributed by atoms with Gasteiger partial charge in [-0.05, 0) is 0 Å². The molecule has 5 heavy (non-hydrogen) atoms. The van der Waals surface area contributed by atoms with Crippen molar-refractivity contribution in [2.45, 2.75) is 0 Å². The molecule has 0 aliphatic rings. The molecule has 0 unspecified atom stereocenters. The Morgan fingerprint density at radius 2 is 1.40 bits per heavy atom. The second-order valence-corrected chi connectivity index (χ2v) is 0.922. The van der Waals surface area contributed by atoms with Crippen molar-refractivity contribution in [1.82, 2.24) is 0 Å². The van der Waals surface area contributed by atoms with Crippen molar-refractivity contribution in [3.8, 4) is 0 Å². The number of hydrogen-bond acceptors (Lipinski definition) is 3. The minimum absolute atomic E-state index is 0. The summed E-state index contributed by atoms with van der Waals surface area (Å²) in [5, 5.41) is 0. The molecular weight excluding hydrogens is 138 g/mol. The summed E-state index contributed by atoms with van der Waals surface area (Å²) < 4.78 is 25.7. The van der Waals surface area contributed by atoms with Gasteiger partial charge in [0.2, 0.25) is 0 Å². The van der Waals surface area contributed by atoms with Crippen molar-refractivity contribution in [2.24, 2.45) is 0 Å². The maximum atomic E-state index is 8.56. The SMILES string of the molecule is [K+].[O]=[V](=[O])[O-]. The third-order valence-electron chi connectivity index (χ3n) is 0. The summed E-state index contributed by atoms with van der Waals surface area (Å²) in [6.45, 7) is 0. The molecule has 0 aliphatic heterocycles. The topological polar surface area (TPSA) is 57.2 Å². The molecule has 0 aromatic heterocycles. The van der Waals surface area contributed by atoms with E-state index in [4.69, 9.17) is 11.4 Å². The maximum absolute atomic E-state index is 8.56. The first-order chi connectivity index (χ1) is 1.73. The third-order valence-corrected chi connectivity index (χ3v) is 0. The van der Waals surface area contributed by atoms with E-state index < -0.39 is 15.4 Å². The van der Waals surface area contributed by atoms with Gasteiger partial charge in [0, 0.05) is 0 Å². The van der Waals surface area contributed by atoms with Crippen LogP contribution in [0.5, 0.6) is 0 Å². The Morgan fingerprint density at radius 1 is 1.40 bits per heavy atom. The van der Waals surface area contributed by atoms with Gasteiger partial charge in [-0.25, -0.2) is 0 Å². The molecule has 0 aliphatic carbocycles. The monoisotopic (exact) mass is 138 g/mol. The molecular formula is KO3V. The van der Waals surface area contributed by atoms with E-state index in [-0.39, 0.29) is 51.4 Å². The van der Waals surface area contributed by atoms with E-state index in [2.05, 4.69) is 0 Å². The van der Waals surface area contributed by atoms with Gasteiger partial charge in [-0.2, -0.15) is 0 Å². The van der Waals surface area contributed by atoms with Crippen LogP contribution in [-0.4, -0.2) is 0 Å². The van der Waals surface area contributed by atoms with Crippen LogP contribution >= 0.6 is 0 Å². The van der Waals surface area contributed by atoms with Crippen LogP contribution in [0.1, 0.15) is 0 Å². The van der Waals surface area contributed by atoms with Crippen molar-refractivity contribution >= 4 is 0 Å². The first kappa shape index (κ1) is 9.91. The molecule has 0 bridgehead atoms. The fourth-order valence-electron chi connectivity index (χ4n) is 0. The average molecular weight is 138 g/mol. The summed E-state index contributed by atoms with van der Waals surface area (Å²) in [5.74, 6) is 0. The molecule has 0 aromatic rings. The molecule has 24 valence electrons. The van der Waals surface area contributed by atoms with Crippen LogP contribution in [0.3, 0.4) is 0 Å². The van der Waals surface area contributed by atoms with E-state index in [1.807, 2.05) is 0 Å². The van der Waals surface area contributed by atoms with E-state index in [9.17, 15) is 0 Å².